The van der Waals surface area contributed by atoms with Crippen LogP contribution in [0.1, 0.15) is 18.9 Å². The number of hydrogen-bond donors (Lipinski definition) is 1. The number of rotatable bonds is 5. The smallest absolute Gasteiger partial charge is 0.344 e. The number of halogens is 1. The van der Waals surface area contributed by atoms with E-state index in [0.29, 0.717) is 10.9 Å². The van der Waals surface area contributed by atoms with Gasteiger partial charge in [-0.05, 0) is 12.8 Å². The lowest BCUT2D eigenvalue weighted by Crippen LogP contribution is -2.19. The molecule has 6 nitrogen and oxygen atoms in total. The van der Waals surface area contributed by atoms with Gasteiger partial charge < -0.3 is 4.74 Å². The van der Waals surface area contributed by atoms with Gasteiger partial charge >= 0.3 is 11.7 Å². The molecule has 0 saturated heterocycles. The van der Waals surface area contributed by atoms with Crippen LogP contribution in [0.15, 0.2) is 9.95 Å². The molecular formula is C9H12BrN3O3S. The highest BCUT2D eigenvalue weighted by atomic mass is 79.9. The number of methoxy groups -OCH3 is 1. The van der Waals surface area contributed by atoms with Crippen LogP contribution in [0.3, 0.4) is 0 Å². The molecule has 17 heavy (non-hydrogen) atoms. The number of H-pyrrole nitrogens is 1. The van der Waals surface area contributed by atoms with Crippen LogP contribution in [0, 0.1) is 0 Å². The number of carbonyl (C=O) groups excluding carboxylic acids is 1. The van der Waals surface area contributed by atoms with Crippen molar-refractivity contribution in [3.8, 4) is 0 Å². The van der Waals surface area contributed by atoms with Gasteiger partial charge in [-0.25, -0.2) is 9.89 Å². The average molecular weight is 322 g/mol. The third-order valence-corrected chi connectivity index (χ3v) is 4.57. The van der Waals surface area contributed by atoms with Crippen molar-refractivity contribution in [2.24, 2.45) is 0 Å². The van der Waals surface area contributed by atoms with Crippen molar-refractivity contribution in [3.05, 3.63) is 10.5 Å². The van der Waals surface area contributed by atoms with Crippen molar-refractivity contribution in [1.29, 1.82) is 0 Å². The molecule has 0 spiro atoms. The van der Waals surface area contributed by atoms with Gasteiger partial charge in [0.15, 0.2) is 5.16 Å². The molecule has 1 aromatic rings. The van der Waals surface area contributed by atoms with Crippen LogP contribution in [-0.4, -0.2) is 38.4 Å². The van der Waals surface area contributed by atoms with E-state index in [1.807, 2.05) is 0 Å². The summed E-state index contributed by atoms with van der Waals surface area (Å²) >= 11 is 4.59. The first-order valence-corrected chi connectivity index (χ1v) is 7.05. The predicted octanol–water partition coefficient (Wildman–Crippen LogP) is 0.935. The maximum absolute atomic E-state index is 11.5. The minimum Gasteiger partial charge on any atom is -0.468 e. The van der Waals surface area contributed by atoms with Crippen molar-refractivity contribution >= 4 is 33.7 Å². The van der Waals surface area contributed by atoms with Crippen molar-refractivity contribution in [3.63, 3.8) is 0 Å². The summed E-state index contributed by atoms with van der Waals surface area (Å²) < 4.78 is 6.25. The first kappa shape index (κ1) is 12.7. The zero-order valence-corrected chi connectivity index (χ0v) is 11.6. The summed E-state index contributed by atoms with van der Waals surface area (Å²) in [5, 5.41) is 7.01. The van der Waals surface area contributed by atoms with Crippen LogP contribution >= 0.6 is 27.7 Å². The molecule has 8 heteroatoms. The van der Waals surface area contributed by atoms with Gasteiger partial charge in [-0.15, -0.1) is 5.10 Å². The Morgan fingerprint density at radius 2 is 2.47 bits per heavy atom. The number of hydrogen-bond acceptors (Lipinski definition) is 5. The van der Waals surface area contributed by atoms with Gasteiger partial charge in [-0.3, -0.25) is 9.36 Å². The highest BCUT2D eigenvalue weighted by Gasteiger charge is 2.29. The van der Waals surface area contributed by atoms with E-state index in [0.717, 1.165) is 12.8 Å². The minimum atomic E-state index is -0.392. The zero-order chi connectivity index (χ0) is 12.4. The van der Waals surface area contributed by atoms with Gasteiger partial charge in [0.05, 0.1) is 7.11 Å². The summed E-state index contributed by atoms with van der Waals surface area (Å²) in [5.74, 6) is 0.150. The third kappa shape index (κ3) is 2.92. The van der Waals surface area contributed by atoms with Crippen LogP contribution in [0.2, 0.25) is 0 Å². The molecule has 0 aromatic carbocycles. The molecule has 1 unspecified atom stereocenters. The number of esters is 1. The van der Waals surface area contributed by atoms with Gasteiger partial charge in [0, 0.05) is 11.8 Å². The molecule has 1 N–H and O–H groups in total. The highest BCUT2D eigenvalue weighted by Crippen LogP contribution is 2.36. The Morgan fingerprint density at radius 1 is 1.76 bits per heavy atom. The Labute approximate surface area is 110 Å². The first-order valence-electron chi connectivity index (χ1n) is 5.15. The fourth-order valence-electron chi connectivity index (χ4n) is 1.39. The number of alkyl halides is 1. The number of nitrogens with one attached hydrogen (secondary N) is 1. The van der Waals surface area contributed by atoms with E-state index in [4.69, 9.17) is 0 Å². The molecule has 0 aliphatic heterocycles. The number of thioether (sulfide) groups is 1. The fourth-order valence-corrected chi connectivity index (χ4v) is 2.89. The van der Waals surface area contributed by atoms with Gasteiger partial charge in [0.25, 0.3) is 0 Å². The summed E-state index contributed by atoms with van der Waals surface area (Å²) in [4.78, 5) is 22.3. The van der Waals surface area contributed by atoms with Crippen LogP contribution in [0.25, 0.3) is 0 Å². The molecule has 0 radical (unpaired) electrons. The molecule has 1 fully saturated rings. The summed E-state index contributed by atoms with van der Waals surface area (Å²) in [6.45, 7) is 0. The Hall–Kier alpha value is -0.760. The van der Waals surface area contributed by atoms with Gasteiger partial charge in [0.2, 0.25) is 0 Å². The molecule has 94 valence electrons. The molecule has 0 amide bonds. The normalized spacial score (nSPS) is 16.8. The van der Waals surface area contributed by atoms with Gasteiger partial charge in [-0.2, -0.15) is 0 Å². The molecule has 1 atom stereocenters. The Kier molecular flexibility index (Phi) is 3.93. The Bertz CT molecular complexity index is 468. The lowest BCUT2D eigenvalue weighted by atomic mass is 10.5. The molecule has 0 bridgehead atoms. The summed E-state index contributed by atoms with van der Waals surface area (Å²) in [5.41, 5.74) is -0.181. The summed E-state index contributed by atoms with van der Waals surface area (Å²) in [7, 11) is 1.34. The largest absolute Gasteiger partial charge is 0.468 e. The maximum atomic E-state index is 11.5. The Balaban J connectivity index is 1.99. The van der Waals surface area contributed by atoms with Crippen LogP contribution in [0.5, 0.6) is 0 Å². The third-order valence-electron chi connectivity index (χ3n) is 2.40. The van der Waals surface area contributed by atoms with E-state index in [-0.39, 0.29) is 17.7 Å². The van der Waals surface area contributed by atoms with E-state index < -0.39 is 4.83 Å². The first-order chi connectivity index (χ1) is 8.13. The summed E-state index contributed by atoms with van der Waals surface area (Å²) in [6, 6.07) is 0.274. The number of nitrogens with zero attached hydrogens (tertiary/aromatic N) is 2. The lowest BCUT2D eigenvalue weighted by Gasteiger charge is -2.07. The molecular weight excluding hydrogens is 310 g/mol. The standard InChI is InChI=1S/C9H12BrN3O3S/c1-16-7(14)6(10)4-17-9-12-11-8(15)13(9)5-2-3-5/h5-6H,2-4H2,1H3,(H,11,15). The minimum absolute atomic E-state index is 0.181. The predicted molar refractivity (Wildman–Crippen MR) is 66.6 cm³/mol. The average Bonchev–Trinajstić information content (AvgIpc) is 3.09. The quantitative estimate of drug-likeness (QED) is 0.496. The number of aromatic amines is 1. The zero-order valence-electron chi connectivity index (χ0n) is 9.18. The Morgan fingerprint density at radius 3 is 3.06 bits per heavy atom. The van der Waals surface area contributed by atoms with E-state index in [1.165, 1.54) is 18.9 Å². The van der Waals surface area contributed by atoms with Crippen molar-refractivity contribution in [2.75, 3.05) is 12.9 Å². The number of carbonyl (C=O) groups is 1. The van der Waals surface area contributed by atoms with Crippen LogP contribution in [0.4, 0.5) is 0 Å². The molecule has 1 aromatic heterocycles. The van der Waals surface area contributed by atoms with Gasteiger partial charge in [0.1, 0.15) is 4.83 Å². The van der Waals surface area contributed by atoms with E-state index in [9.17, 15) is 9.59 Å². The monoisotopic (exact) mass is 321 g/mol. The highest BCUT2D eigenvalue weighted by molar-refractivity contribution is 9.10. The van der Waals surface area contributed by atoms with Crippen LogP contribution in [-0.2, 0) is 9.53 Å². The molecule has 1 saturated carbocycles. The lowest BCUT2D eigenvalue weighted by molar-refractivity contribution is -0.139. The van der Waals surface area contributed by atoms with Crippen molar-refractivity contribution in [2.45, 2.75) is 28.9 Å². The van der Waals surface area contributed by atoms with E-state index in [1.54, 1.807) is 4.57 Å². The van der Waals surface area contributed by atoms with Crippen molar-refractivity contribution < 1.29 is 9.53 Å². The summed E-state index contributed by atoms with van der Waals surface area (Å²) in [6.07, 6.45) is 2.03. The van der Waals surface area contributed by atoms with Crippen LogP contribution < -0.4 is 5.69 Å². The molecule has 1 aliphatic carbocycles. The molecule has 1 aliphatic rings. The van der Waals surface area contributed by atoms with Crippen molar-refractivity contribution in [1.82, 2.24) is 14.8 Å². The second kappa shape index (κ2) is 5.26. The topological polar surface area (TPSA) is 77.0 Å². The second-order valence-electron chi connectivity index (χ2n) is 3.71. The van der Waals surface area contributed by atoms with E-state index >= 15 is 0 Å². The number of aromatic nitrogens is 3. The maximum Gasteiger partial charge on any atom is 0.344 e. The second-order valence-corrected chi connectivity index (χ2v) is 5.81. The van der Waals surface area contributed by atoms with Gasteiger partial charge in [-0.1, -0.05) is 27.7 Å². The fraction of sp³-hybridized carbons (Fsp3) is 0.667. The number of ether oxygens (including phenoxy) is 1. The SMILES string of the molecule is COC(=O)C(Br)CSc1n[nH]c(=O)n1C1CC1. The molecule has 1 heterocycles. The van der Waals surface area contributed by atoms with E-state index in [2.05, 4.69) is 30.9 Å². The molecule has 2 rings (SSSR count).